The molecule has 0 aliphatic carbocycles. The summed E-state index contributed by atoms with van der Waals surface area (Å²) in [5, 5.41) is 0. The van der Waals surface area contributed by atoms with E-state index in [1.807, 2.05) is 6.92 Å². The van der Waals surface area contributed by atoms with Crippen molar-refractivity contribution < 1.29 is 9.16 Å². The first-order chi connectivity index (χ1) is 6.14. The van der Waals surface area contributed by atoms with Crippen LogP contribution in [0.4, 0.5) is 0 Å². The third kappa shape index (κ3) is 8.38. The molecule has 0 N–H and O–H groups in total. The van der Waals surface area contributed by atoms with Crippen LogP contribution in [0.25, 0.3) is 0 Å². The zero-order chi connectivity index (χ0) is 11.4. The molecule has 0 rings (SSSR count). The maximum atomic E-state index is 5.87. The van der Waals surface area contributed by atoms with Crippen molar-refractivity contribution in [3.8, 4) is 0 Å². The molecule has 0 radical (unpaired) electrons. The molecule has 0 spiro atoms. The second kappa shape index (κ2) is 5.02. The monoisotopic (exact) mass is 232 g/mol. The SMILES string of the molecule is CCO/C(=C\[Si](C)(C)C)O[Si](C)(C)C. The van der Waals surface area contributed by atoms with Gasteiger partial charge in [-0.3, -0.25) is 0 Å². The highest BCUT2D eigenvalue weighted by atomic mass is 28.4. The van der Waals surface area contributed by atoms with E-state index in [9.17, 15) is 0 Å². The molecule has 0 unspecified atom stereocenters. The molecule has 0 heterocycles. The Kier molecular flexibility index (Phi) is 4.94. The maximum Gasteiger partial charge on any atom is 0.256 e. The van der Waals surface area contributed by atoms with Crippen LogP contribution in [0.1, 0.15) is 6.92 Å². The summed E-state index contributed by atoms with van der Waals surface area (Å²) in [7, 11) is -2.78. The first kappa shape index (κ1) is 13.8. The molecule has 0 bridgehead atoms. The summed E-state index contributed by atoms with van der Waals surface area (Å²) in [4.78, 5) is 0. The van der Waals surface area contributed by atoms with E-state index >= 15 is 0 Å². The van der Waals surface area contributed by atoms with E-state index in [4.69, 9.17) is 9.16 Å². The van der Waals surface area contributed by atoms with Gasteiger partial charge in [0, 0.05) is 0 Å². The van der Waals surface area contributed by atoms with Crippen LogP contribution < -0.4 is 0 Å². The molecule has 0 atom stereocenters. The standard InChI is InChI=1S/C10H24O2Si2/c1-8-11-10(9-13(2,3)4)12-14(5,6)7/h9H,8H2,1-7H3/b10-9+. The van der Waals surface area contributed by atoms with Gasteiger partial charge in [0.2, 0.25) is 8.32 Å². The Balaban J connectivity index is 4.53. The maximum absolute atomic E-state index is 5.87. The van der Waals surface area contributed by atoms with E-state index in [1.54, 1.807) is 0 Å². The number of rotatable bonds is 5. The highest BCUT2D eigenvalue weighted by Crippen LogP contribution is 2.15. The zero-order valence-electron chi connectivity index (χ0n) is 10.6. The molecule has 0 saturated carbocycles. The van der Waals surface area contributed by atoms with Gasteiger partial charge in [-0.25, -0.2) is 0 Å². The van der Waals surface area contributed by atoms with Gasteiger partial charge in [-0.15, -0.1) is 0 Å². The summed E-state index contributed by atoms with van der Waals surface area (Å²) in [6, 6.07) is 0. The summed E-state index contributed by atoms with van der Waals surface area (Å²) in [5.41, 5.74) is 2.19. The van der Waals surface area contributed by atoms with Crippen molar-refractivity contribution in [3.05, 3.63) is 11.6 Å². The van der Waals surface area contributed by atoms with E-state index in [2.05, 4.69) is 45.0 Å². The van der Waals surface area contributed by atoms with Gasteiger partial charge in [0.05, 0.1) is 14.7 Å². The lowest BCUT2D eigenvalue weighted by molar-refractivity contribution is 0.113. The lowest BCUT2D eigenvalue weighted by atomic mass is 10.8. The smallest absolute Gasteiger partial charge is 0.256 e. The number of hydrogen-bond donors (Lipinski definition) is 0. The molecule has 0 aromatic carbocycles. The first-order valence-corrected chi connectivity index (χ1v) is 12.2. The van der Waals surface area contributed by atoms with Crippen LogP contribution in [0, 0.1) is 0 Å². The van der Waals surface area contributed by atoms with E-state index in [0.29, 0.717) is 6.61 Å². The Morgan fingerprint density at radius 2 is 1.57 bits per heavy atom. The number of ether oxygens (including phenoxy) is 1. The van der Waals surface area contributed by atoms with Crippen molar-refractivity contribution in [2.24, 2.45) is 0 Å². The number of hydrogen-bond acceptors (Lipinski definition) is 2. The third-order valence-corrected chi connectivity index (χ3v) is 3.16. The molecule has 0 aromatic rings. The van der Waals surface area contributed by atoms with E-state index in [-0.39, 0.29) is 0 Å². The quantitative estimate of drug-likeness (QED) is 0.533. The summed E-state index contributed by atoms with van der Waals surface area (Å²) in [6.07, 6.45) is 0. The van der Waals surface area contributed by atoms with Crippen molar-refractivity contribution in [1.82, 2.24) is 0 Å². The average Bonchev–Trinajstić information content (AvgIpc) is 1.78. The van der Waals surface area contributed by atoms with Crippen molar-refractivity contribution >= 4 is 16.4 Å². The van der Waals surface area contributed by atoms with Crippen molar-refractivity contribution in [3.63, 3.8) is 0 Å². The Hall–Kier alpha value is -0.226. The molecule has 4 heteroatoms. The topological polar surface area (TPSA) is 18.5 Å². The second-order valence-electron chi connectivity index (χ2n) is 5.48. The molecule has 0 aliphatic heterocycles. The molecule has 2 nitrogen and oxygen atoms in total. The van der Waals surface area contributed by atoms with Gasteiger partial charge in [0.15, 0.2) is 0 Å². The summed E-state index contributed by atoms with van der Waals surface area (Å²) < 4.78 is 11.4. The minimum atomic E-state index is -1.53. The van der Waals surface area contributed by atoms with Gasteiger partial charge in [-0.1, -0.05) is 19.6 Å². The van der Waals surface area contributed by atoms with Crippen LogP contribution in [-0.2, 0) is 9.16 Å². The van der Waals surface area contributed by atoms with Crippen LogP contribution >= 0.6 is 0 Å². The van der Waals surface area contributed by atoms with Gasteiger partial charge >= 0.3 is 0 Å². The lowest BCUT2D eigenvalue weighted by Gasteiger charge is -2.23. The first-order valence-electron chi connectivity index (χ1n) is 5.19. The molecule has 0 saturated heterocycles. The Labute approximate surface area is 90.4 Å². The minimum Gasteiger partial charge on any atom is -0.520 e. The van der Waals surface area contributed by atoms with Crippen LogP contribution in [0.2, 0.25) is 39.3 Å². The highest BCUT2D eigenvalue weighted by Gasteiger charge is 2.21. The summed E-state index contributed by atoms with van der Waals surface area (Å²) in [5.74, 6) is 0.755. The fraction of sp³-hybridized carbons (Fsp3) is 0.800. The van der Waals surface area contributed by atoms with E-state index < -0.39 is 16.4 Å². The molecule has 0 amide bonds. The fourth-order valence-corrected chi connectivity index (χ4v) is 2.59. The molecule has 14 heavy (non-hydrogen) atoms. The minimum absolute atomic E-state index is 0.681. The molecular weight excluding hydrogens is 208 g/mol. The van der Waals surface area contributed by atoms with Gasteiger partial charge in [-0.2, -0.15) is 0 Å². The molecular formula is C10H24O2Si2. The van der Waals surface area contributed by atoms with Crippen LogP contribution in [-0.4, -0.2) is 23.0 Å². The van der Waals surface area contributed by atoms with Crippen LogP contribution in [0.15, 0.2) is 11.6 Å². The van der Waals surface area contributed by atoms with Gasteiger partial charge in [0.1, 0.15) is 0 Å². The fourth-order valence-electron chi connectivity index (χ4n) is 0.898. The van der Waals surface area contributed by atoms with Crippen molar-refractivity contribution in [2.45, 2.75) is 46.2 Å². The summed E-state index contributed by atoms with van der Waals surface area (Å²) in [6.45, 7) is 16.0. The van der Waals surface area contributed by atoms with Gasteiger partial charge < -0.3 is 9.16 Å². The molecule has 0 aliphatic rings. The van der Waals surface area contributed by atoms with Crippen LogP contribution in [0.3, 0.4) is 0 Å². The van der Waals surface area contributed by atoms with Crippen LogP contribution in [0.5, 0.6) is 0 Å². The Bertz CT molecular complexity index is 199. The highest BCUT2D eigenvalue weighted by molar-refractivity contribution is 6.81. The predicted molar refractivity (Wildman–Crippen MR) is 67.5 cm³/mol. The van der Waals surface area contributed by atoms with Gasteiger partial charge in [0.25, 0.3) is 5.95 Å². The van der Waals surface area contributed by atoms with Crippen molar-refractivity contribution in [2.75, 3.05) is 6.61 Å². The molecule has 84 valence electrons. The largest absolute Gasteiger partial charge is 0.520 e. The molecule has 0 fully saturated rings. The normalized spacial score (nSPS) is 14.1. The van der Waals surface area contributed by atoms with E-state index in [1.165, 1.54) is 0 Å². The predicted octanol–water partition coefficient (Wildman–Crippen LogP) is 3.59. The van der Waals surface area contributed by atoms with Crippen molar-refractivity contribution in [1.29, 1.82) is 0 Å². The summed E-state index contributed by atoms with van der Waals surface area (Å²) >= 11 is 0. The Morgan fingerprint density at radius 1 is 1.07 bits per heavy atom. The van der Waals surface area contributed by atoms with Gasteiger partial charge in [-0.05, 0) is 32.3 Å². The molecule has 0 aromatic heterocycles. The zero-order valence-corrected chi connectivity index (χ0v) is 12.6. The average molecular weight is 232 g/mol. The Morgan fingerprint density at radius 3 is 1.86 bits per heavy atom. The lowest BCUT2D eigenvalue weighted by Crippen LogP contribution is -2.28. The van der Waals surface area contributed by atoms with E-state index in [0.717, 1.165) is 5.95 Å². The second-order valence-corrected chi connectivity index (χ2v) is 14.9. The third-order valence-electron chi connectivity index (χ3n) is 1.24.